The standard InChI is InChI=1S/C23H35NO2/c1-15-5-7-20-21-11-16(13-24-14-26-4)18-12-17(25)6-8-19(18)23(21,3)10-9-22(15,20)2/h6,8,12,15-16,20-21,24-25H,5,7,9-11,13-14H2,1-4H3/t15?,16-,20?,21?,22?,23+/m0/s1. The van der Waals surface area contributed by atoms with Gasteiger partial charge in [0.15, 0.2) is 0 Å². The van der Waals surface area contributed by atoms with Crippen LogP contribution in [0.4, 0.5) is 0 Å². The normalized spacial score (nSPS) is 41.4. The van der Waals surface area contributed by atoms with Crippen LogP contribution in [0, 0.1) is 23.2 Å². The third-order valence-corrected chi connectivity index (χ3v) is 8.64. The van der Waals surface area contributed by atoms with Crippen LogP contribution < -0.4 is 5.32 Å². The minimum atomic E-state index is 0.259. The zero-order chi connectivity index (χ0) is 18.5. The zero-order valence-electron chi connectivity index (χ0n) is 16.8. The van der Waals surface area contributed by atoms with Crippen LogP contribution in [0.5, 0.6) is 5.75 Å². The number of benzene rings is 1. The molecule has 0 heterocycles. The summed E-state index contributed by atoms with van der Waals surface area (Å²) in [6, 6.07) is 6.15. The van der Waals surface area contributed by atoms with Crippen molar-refractivity contribution in [3.05, 3.63) is 29.3 Å². The molecular weight excluding hydrogens is 322 g/mol. The lowest BCUT2D eigenvalue weighted by Crippen LogP contribution is -2.51. The molecule has 2 fully saturated rings. The van der Waals surface area contributed by atoms with E-state index in [1.807, 2.05) is 12.1 Å². The smallest absolute Gasteiger partial charge is 0.115 e. The van der Waals surface area contributed by atoms with Crippen molar-refractivity contribution < 1.29 is 9.84 Å². The van der Waals surface area contributed by atoms with Gasteiger partial charge in [0.1, 0.15) is 5.75 Å². The molecule has 0 aromatic heterocycles. The highest BCUT2D eigenvalue weighted by molar-refractivity contribution is 5.45. The first-order valence-electron chi connectivity index (χ1n) is 10.4. The Morgan fingerprint density at radius 2 is 2.00 bits per heavy atom. The molecule has 0 saturated heterocycles. The Morgan fingerprint density at radius 3 is 2.77 bits per heavy atom. The van der Waals surface area contributed by atoms with E-state index < -0.39 is 0 Å². The largest absolute Gasteiger partial charge is 0.508 e. The van der Waals surface area contributed by atoms with Gasteiger partial charge in [-0.25, -0.2) is 0 Å². The summed E-state index contributed by atoms with van der Waals surface area (Å²) < 4.78 is 5.21. The van der Waals surface area contributed by atoms with Crippen LogP contribution in [0.2, 0.25) is 0 Å². The molecule has 0 radical (unpaired) electrons. The number of rotatable bonds is 4. The lowest BCUT2D eigenvalue weighted by molar-refractivity contribution is -0.0109. The minimum absolute atomic E-state index is 0.259. The van der Waals surface area contributed by atoms with Gasteiger partial charge in [-0.1, -0.05) is 26.8 Å². The first kappa shape index (κ1) is 18.3. The fraction of sp³-hybridized carbons (Fsp3) is 0.739. The molecule has 2 saturated carbocycles. The van der Waals surface area contributed by atoms with Gasteiger partial charge in [0.05, 0.1) is 6.73 Å². The molecule has 1 aromatic carbocycles. The number of methoxy groups -OCH3 is 1. The first-order chi connectivity index (χ1) is 12.4. The molecule has 0 bridgehead atoms. The van der Waals surface area contributed by atoms with E-state index in [0.717, 1.165) is 24.3 Å². The number of phenolic OH excluding ortho intramolecular Hbond substituents is 1. The summed E-state index contributed by atoms with van der Waals surface area (Å²) in [7, 11) is 1.73. The maximum absolute atomic E-state index is 10.1. The molecule has 144 valence electrons. The van der Waals surface area contributed by atoms with Gasteiger partial charge in [-0.2, -0.15) is 0 Å². The van der Waals surface area contributed by atoms with Gasteiger partial charge >= 0.3 is 0 Å². The molecule has 3 aliphatic carbocycles. The second kappa shape index (κ2) is 6.53. The zero-order valence-corrected chi connectivity index (χ0v) is 16.8. The fourth-order valence-corrected chi connectivity index (χ4v) is 6.83. The number of ether oxygens (including phenoxy) is 1. The van der Waals surface area contributed by atoms with Crippen molar-refractivity contribution in [2.24, 2.45) is 23.2 Å². The number of nitrogens with one attached hydrogen (secondary N) is 1. The quantitative estimate of drug-likeness (QED) is 0.601. The predicted molar refractivity (Wildman–Crippen MR) is 105 cm³/mol. The lowest BCUT2D eigenvalue weighted by Gasteiger charge is -2.57. The van der Waals surface area contributed by atoms with Gasteiger partial charge in [-0.05, 0) is 89.9 Å². The number of hydrogen-bond donors (Lipinski definition) is 2. The van der Waals surface area contributed by atoms with E-state index in [1.54, 1.807) is 7.11 Å². The molecule has 3 nitrogen and oxygen atoms in total. The van der Waals surface area contributed by atoms with Crippen molar-refractivity contribution in [2.75, 3.05) is 20.4 Å². The van der Waals surface area contributed by atoms with Crippen molar-refractivity contribution >= 4 is 0 Å². The average Bonchev–Trinajstić information content (AvgIpc) is 2.91. The highest BCUT2D eigenvalue weighted by atomic mass is 16.5. The molecule has 2 N–H and O–H groups in total. The fourth-order valence-electron chi connectivity index (χ4n) is 6.83. The van der Waals surface area contributed by atoms with Crippen molar-refractivity contribution in [1.29, 1.82) is 0 Å². The van der Waals surface area contributed by atoms with Crippen LogP contribution in [0.25, 0.3) is 0 Å². The summed E-state index contributed by atoms with van der Waals surface area (Å²) in [6.45, 7) is 9.07. The SMILES string of the molecule is COCNC[C@@H]1CC2C3CCC(C)C3(C)CC[C@]2(C)c2ccc(O)cc21. The number of aromatic hydroxyl groups is 1. The van der Waals surface area contributed by atoms with Crippen molar-refractivity contribution in [1.82, 2.24) is 5.32 Å². The van der Waals surface area contributed by atoms with E-state index in [4.69, 9.17) is 4.74 Å². The van der Waals surface area contributed by atoms with Gasteiger partial charge in [0.2, 0.25) is 0 Å². The van der Waals surface area contributed by atoms with E-state index in [0.29, 0.717) is 23.8 Å². The predicted octanol–water partition coefficient (Wildman–Crippen LogP) is 4.79. The van der Waals surface area contributed by atoms with E-state index in [2.05, 4.69) is 32.2 Å². The second-order valence-electron chi connectivity index (χ2n) is 9.71. The third kappa shape index (κ3) is 2.62. The van der Waals surface area contributed by atoms with Crippen LogP contribution in [0.3, 0.4) is 0 Å². The van der Waals surface area contributed by atoms with Gasteiger partial charge in [0.25, 0.3) is 0 Å². The van der Waals surface area contributed by atoms with Crippen molar-refractivity contribution in [3.63, 3.8) is 0 Å². The number of hydrogen-bond acceptors (Lipinski definition) is 3. The summed E-state index contributed by atoms with van der Waals surface area (Å²) >= 11 is 0. The first-order valence-corrected chi connectivity index (χ1v) is 10.4. The summed E-state index contributed by atoms with van der Waals surface area (Å²) in [5.41, 5.74) is 3.64. The van der Waals surface area contributed by atoms with Crippen molar-refractivity contribution in [3.8, 4) is 5.75 Å². The Balaban J connectivity index is 1.73. The maximum Gasteiger partial charge on any atom is 0.115 e. The Morgan fingerprint density at radius 1 is 1.19 bits per heavy atom. The molecule has 1 aromatic rings. The second-order valence-corrected chi connectivity index (χ2v) is 9.71. The minimum Gasteiger partial charge on any atom is -0.508 e. The van der Waals surface area contributed by atoms with Crippen LogP contribution >= 0.6 is 0 Å². The Kier molecular flexibility index (Phi) is 4.60. The van der Waals surface area contributed by atoms with Crippen molar-refractivity contribution in [2.45, 2.75) is 64.2 Å². The Hall–Kier alpha value is -1.06. The van der Waals surface area contributed by atoms with E-state index in [1.165, 1.54) is 43.2 Å². The van der Waals surface area contributed by atoms with Gasteiger partial charge in [-0.15, -0.1) is 0 Å². The van der Waals surface area contributed by atoms with Crippen LogP contribution in [-0.2, 0) is 10.2 Å². The Labute approximate surface area is 158 Å². The highest BCUT2D eigenvalue weighted by Crippen LogP contribution is 2.66. The molecule has 4 unspecified atom stereocenters. The number of phenols is 1. The van der Waals surface area contributed by atoms with Gasteiger partial charge < -0.3 is 9.84 Å². The Bertz CT molecular complexity index is 674. The lowest BCUT2D eigenvalue weighted by atomic mass is 9.47. The average molecular weight is 358 g/mol. The van der Waals surface area contributed by atoms with E-state index in [-0.39, 0.29) is 5.41 Å². The molecule has 4 rings (SSSR count). The summed E-state index contributed by atoms with van der Waals surface area (Å²) in [5, 5.41) is 13.6. The van der Waals surface area contributed by atoms with Crippen LogP contribution in [-0.4, -0.2) is 25.5 Å². The third-order valence-electron chi connectivity index (χ3n) is 8.64. The van der Waals surface area contributed by atoms with E-state index in [9.17, 15) is 5.11 Å². The maximum atomic E-state index is 10.1. The molecule has 0 aliphatic heterocycles. The molecule has 0 amide bonds. The highest BCUT2D eigenvalue weighted by Gasteiger charge is 2.58. The number of fused-ring (bicyclic) bond motifs is 5. The van der Waals surface area contributed by atoms with E-state index >= 15 is 0 Å². The van der Waals surface area contributed by atoms with Gasteiger partial charge in [0, 0.05) is 13.7 Å². The topological polar surface area (TPSA) is 41.5 Å². The molecule has 26 heavy (non-hydrogen) atoms. The monoisotopic (exact) mass is 357 g/mol. The molecule has 6 atom stereocenters. The van der Waals surface area contributed by atoms with Gasteiger partial charge in [-0.3, -0.25) is 5.32 Å². The molecule has 0 spiro atoms. The summed E-state index contributed by atoms with van der Waals surface area (Å²) in [4.78, 5) is 0. The molecular formula is C23H35NO2. The summed E-state index contributed by atoms with van der Waals surface area (Å²) in [5.74, 6) is 3.30. The molecule has 3 heteroatoms. The summed E-state index contributed by atoms with van der Waals surface area (Å²) in [6.07, 6.45) is 6.65. The molecule has 3 aliphatic rings. The van der Waals surface area contributed by atoms with Crippen LogP contribution in [0.15, 0.2) is 18.2 Å². The van der Waals surface area contributed by atoms with Crippen LogP contribution in [0.1, 0.15) is 69.9 Å².